The minimum Gasteiger partial charge on any atom is -0.354 e. The van der Waals surface area contributed by atoms with Gasteiger partial charge in [0.1, 0.15) is 0 Å². The van der Waals surface area contributed by atoms with Crippen LogP contribution in [-0.4, -0.2) is 25.0 Å². The van der Waals surface area contributed by atoms with Crippen molar-refractivity contribution in [3.8, 4) is 0 Å². The SMILES string of the molecule is CC(CCc1ccccc1)NC(=O)CCC1CCNC1. The number of carbonyl (C=O) groups excluding carboxylic acids is 1. The molecule has 0 saturated carbocycles. The summed E-state index contributed by atoms with van der Waals surface area (Å²) >= 11 is 0. The molecule has 2 N–H and O–H groups in total. The average molecular weight is 274 g/mol. The Balaban J connectivity index is 1.60. The van der Waals surface area contributed by atoms with Gasteiger partial charge in [0.25, 0.3) is 0 Å². The van der Waals surface area contributed by atoms with E-state index in [1.54, 1.807) is 0 Å². The Kier molecular flexibility index (Phi) is 6.06. The maximum absolute atomic E-state index is 11.9. The minimum absolute atomic E-state index is 0.206. The molecular formula is C17H26N2O. The van der Waals surface area contributed by atoms with Gasteiger partial charge < -0.3 is 10.6 Å². The predicted molar refractivity (Wildman–Crippen MR) is 82.6 cm³/mol. The van der Waals surface area contributed by atoms with E-state index in [9.17, 15) is 4.79 Å². The van der Waals surface area contributed by atoms with Gasteiger partial charge in [-0.05, 0) is 57.2 Å². The van der Waals surface area contributed by atoms with Gasteiger partial charge in [-0.15, -0.1) is 0 Å². The molecule has 3 nitrogen and oxygen atoms in total. The molecule has 0 aromatic heterocycles. The van der Waals surface area contributed by atoms with Crippen LogP contribution in [-0.2, 0) is 11.2 Å². The van der Waals surface area contributed by atoms with Crippen LogP contribution in [0.1, 0.15) is 38.2 Å². The summed E-state index contributed by atoms with van der Waals surface area (Å²) in [5.41, 5.74) is 1.34. The molecule has 0 bridgehead atoms. The summed E-state index contributed by atoms with van der Waals surface area (Å²) < 4.78 is 0. The summed E-state index contributed by atoms with van der Waals surface area (Å²) in [6.07, 6.45) is 4.93. The molecule has 2 rings (SSSR count). The lowest BCUT2D eigenvalue weighted by Gasteiger charge is -2.15. The van der Waals surface area contributed by atoms with E-state index in [1.807, 2.05) is 6.07 Å². The number of hydrogen-bond acceptors (Lipinski definition) is 2. The van der Waals surface area contributed by atoms with Gasteiger partial charge in [0.2, 0.25) is 5.91 Å². The molecule has 1 heterocycles. The molecule has 1 aliphatic rings. The third-order valence-electron chi connectivity index (χ3n) is 4.06. The van der Waals surface area contributed by atoms with E-state index in [0.29, 0.717) is 12.3 Å². The summed E-state index contributed by atoms with van der Waals surface area (Å²) in [6, 6.07) is 10.7. The van der Waals surface area contributed by atoms with Crippen molar-refractivity contribution in [2.24, 2.45) is 5.92 Å². The first-order valence-corrected chi connectivity index (χ1v) is 7.78. The van der Waals surface area contributed by atoms with E-state index < -0.39 is 0 Å². The molecule has 1 fully saturated rings. The summed E-state index contributed by atoms with van der Waals surface area (Å²) in [6.45, 7) is 4.29. The first-order valence-electron chi connectivity index (χ1n) is 7.78. The molecule has 0 spiro atoms. The van der Waals surface area contributed by atoms with Gasteiger partial charge in [-0.25, -0.2) is 0 Å². The van der Waals surface area contributed by atoms with Crippen molar-refractivity contribution >= 4 is 5.91 Å². The molecular weight excluding hydrogens is 248 g/mol. The Morgan fingerprint density at radius 1 is 1.40 bits per heavy atom. The second kappa shape index (κ2) is 8.05. The first kappa shape index (κ1) is 15.0. The third-order valence-corrected chi connectivity index (χ3v) is 4.06. The largest absolute Gasteiger partial charge is 0.354 e. The zero-order valence-corrected chi connectivity index (χ0v) is 12.4. The quantitative estimate of drug-likeness (QED) is 0.802. The van der Waals surface area contributed by atoms with Crippen LogP contribution in [0, 0.1) is 5.92 Å². The van der Waals surface area contributed by atoms with E-state index >= 15 is 0 Å². The highest BCUT2D eigenvalue weighted by molar-refractivity contribution is 5.76. The van der Waals surface area contributed by atoms with Gasteiger partial charge in [0.05, 0.1) is 0 Å². The number of carbonyl (C=O) groups is 1. The van der Waals surface area contributed by atoms with Crippen LogP contribution >= 0.6 is 0 Å². The maximum atomic E-state index is 11.9. The van der Waals surface area contributed by atoms with E-state index in [2.05, 4.69) is 41.8 Å². The molecule has 1 aromatic rings. The van der Waals surface area contributed by atoms with Gasteiger partial charge in [-0.3, -0.25) is 4.79 Å². The van der Waals surface area contributed by atoms with Gasteiger partial charge in [-0.1, -0.05) is 30.3 Å². The fourth-order valence-corrected chi connectivity index (χ4v) is 2.74. The molecule has 1 aliphatic heterocycles. The zero-order valence-electron chi connectivity index (χ0n) is 12.4. The number of hydrogen-bond donors (Lipinski definition) is 2. The zero-order chi connectivity index (χ0) is 14.2. The number of amides is 1. The normalized spacial score (nSPS) is 19.8. The molecule has 1 saturated heterocycles. The lowest BCUT2D eigenvalue weighted by molar-refractivity contribution is -0.122. The number of nitrogens with one attached hydrogen (secondary N) is 2. The van der Waals surface area contributed by atoms with Gasteiger partial charge in [0, 0.05) is 12.5 Å². The molecule has 0 radical (unpaired) electrons. The average Bonchev–Trinajstić information content (AvgIpc) is 2.97. The van der Waals surface area contributed by atoms with Gasteiger partial charge in [-0.2, -0.15) is 0 Å². The summed E-state index contributed by atoms with van der Waals surface area (Å²) in [5, 5.41) is 6.46. The van der Waals surface area contributed by atoms with Crippen molar-refractivity contribution in [1.29, 1.82) is 0 Å². The third kappa shape index (κ3) is 5.33. The van der Waals surface area contributed by atoms with E-state index in [-0.39, 0.29) is 11.9 Å². The van der Waals surface area contributed by atoms with Crippen molar-refractivity contribution in [2.45, 2.75) is 45.1 Å². The Bertz CT molecular complexity index is 399. The number of benzene rings is 1. The van der Waals surface area contributed by atoms with E-state index in [1.165, 1.54) is 12.0 Å². The summed E-state index contributed by atoms with van der Waals surface area (Å²) in [4.78, 5) is 11.9. The summed E-state index contributed by atoms with van der Waals surface area (Å²) in [5.74, 6) is 0.901. The fraction of sp³-hybridized carbons (Fsp3) is 0.588. The monoisotopic (exact) mass is 274 g/mol. The molecule has 2 atom stereocenters. The topological polar surface area (TPSA) is 41.1 Å². The molecule has 3 heteroatoms. The Labute approximate surface area is 122 Å². The smallest absolute Gasteiger partial charge is 0.220 e. The highest BCUT2D eigenvalue weighted by atomic mass is 16.1. The number of rotatable bonds is 7. The van der Waals surface area contributed by atoms with Crippen molar-refractivity contribution in [3.05, 3.63) is 35.9 Å². The van der Waals surface area contributed by atoms with Crippen molar-refractivity contribution in [1.82, 2.24) is 10.6 Å². The fourth-order valence-electron chi connectivity index (χ4n) is 2.74. The van der Waals surface area contributed by atoms with Crippen LogP contribution < -0.4 is 10.6 Å². The van der Waals surface area contributed by atoms with Crippen LogP contribution in [0.4, 0.5) is 0 Å². The first-order chi connectivity index (χ1) is 9.74. The molecule has 20 heavy (non-hydrogen) atoms. The second-order valence-corrected chi connectivity index (χ2v) is 5.89. The van der Waals surface area contributed by atoms with Gasteiger partial charge in [0.15, 0.2) is 0 Å². The van der Waals surface area contributed by atoms with Crippen LogP contribution in [0.3, 0.4) is 0 Å². The Morgan fingerprint density at radius 2 is 2.20 bits per heavy atom. The molecule has 2 unspecified atom stereocenters. The molecule has 1 aromatic carbocycles. The lowest BCUT2D eigenvalue weighted by atomic mass is 10.0. The van der Waals surface area contributed by atoms with Crippen LogP contribution in [0.25, 0.3) is 0 Å². The summed E-state index contributed by atoms with van der Waals surface area (Å²) in [7, 11) is 0. The van der Waals surface area contributed by atoms with Crippen molar-refractivity contribution in [2.75, 3.05) is 13.1 Å². The second-order valence-electron chi connectivity index (χ2n) is 5.89. The van der Waals surface area contributed by atoms with Crippen molar-refractivity contribution in [3.63, 3.8) is 0 Å². The van der Waals surface area contributed by atoms with E-state index in [4.69, 9.17) is 0 Å². The number of aryl methyl sites for hydroxylation is 1. The maximum Gasteiger partial charge on any atom is 0.220 e. The molecule has 110 valence electrons. The van der Waals surface area contributed by atoms with E-state index in [0.717, 1.165) is 32.4 Å². The minimum atomic E-state index is 0.206. The lowest BCUT2D eigenvalue weighted by Crippen LogP contribution is -2.33. The molecule has 0 aliphatic carbocycles. The van der Waals surface area contributed by atoms with Crippen LogP contribution in [0.2, 0.25) is 0 Å². The van der Waals surface area contributed by atoms with Gasteiger partial charge >= 0.3 is 0 Å². The molecule has 1 amide bonds. The Morgan fingerprint density at radius 3 is 2.90 bits per heavy atom. The van der Waals surface area contributed by atoms with Crippen LogP contribution in [0.5, 0.6) is 0 Å². The Hall–Kier alpha value is -1.35. The standard InChI is InChI=1S/C17H26N2O/c1-14(7-8-15-5-3-2-4-6-15)19-17(20)10-9-16-11-12-18-13-16/h2-6,14,16,18H,7-13H2,1H3,(H,19,20). The van der Waals surface area contributed by atoms with Crippen molar-refractivity contribution < 1.29 is 4.79 Å². The highest BCUT2D eigenvalue weighted by Crippen LogP contribution is 2.14. The predicted octanol–water partition coefficient (Wildman–Crippen LogP) is 2.51. The van der Waals surface area contributed by atoms with Crippen LogP contribution in [0.15, 0.2) is 30.3 Å². The highest BCUT2D eigenvalue weighted by Gasteiger charge is 2.16.